The zero-order valence-corrected chi connectivity index (χ0v) is 8.84. The molecule has 2 heteroatoms. The second-order valence-electron chi connectivity index (χ2n) is 4.80. The van der Waals surface area contributed by atoms with Gasteiger partial charge >= 0.3 is 0 Å². The number of hydrogen-bond donors (Lipinski definition) is 0. The van der Waals surface area contributed by atoms with E-state index in [0.717, 1.165) is 44.8 Å². The predicted molar refractivity (Wildman–Crippen MR) is 55.1 cm³/mol. The van der Waals surface area contributed by atoms with Gasteiger partial charge in [-0.15, -0.1) is 0 Å². The molecule has 0 bridgehead atoms. The lowest BCUT2D eigenvalue weighted by atomic mass is 9.80. The molecular weight excluding hydrogens is 176 g/mol. The van der Waals surface area contributed by atoms with Crippen molar-refractivity contribution in [3.63, 3.8) is 0 Å². The van der Waals surface area contributed by atoms with Crippen molar-refractivity contribution in [2.75, 3.05) is 13.2 Å². The Bertz CT molecular complexity index is 190. The third kappa shape index (κ3) is 2.81. The summed E-state index contributed by atoms with van der Waals surface area (Å²) in [6, 6.07) is 0. The zero-order valence-electron chi connectivity index (χ0n) is 8.84. The average molecular weight is 196 g/mol. The van der Waals surface area contributed by atoms with E-state index in [4.69, 9.17) is 4.74 Å². The molecule has 0 unspecified atom stereocenters. The van der Waals surface area contributed by atoms with Crippen molar-refractivity contribution in [3.05, 3.63) is 0 Å². The Morgan fingerprint density at radius 2 is 1.57 bits per heavy atom. The molecule has 1 saturated carbocycles. The molecule has 1 heterocycles. The van der Waals surface area contributed by atoms with Crippen LogP contribution in [0.4, 0.5) is 0 Å². The topological polar surface area (TPSA) is 26.3 Å². The van der Waals surface area contributed by atoms with Crippen molar-refractivity contribution in [2.45, 2.75) is 44.9 Å². The summed E-state index contributed by atoms with van der Waals surface area (Å²) >= 11 is 0. The Labute approximate surface area is 86.0 Å². The number of Topliss-reactive ketones (excluding diaryl/α,β-unsaturated/α-hetero) is 1. The van der Waals surface area contributed by atoms with E-state index in [1.807, 2.05) is 0 Å². The van der Waals surface area contributed by atoms with Crippen LogP contribution in [0.15, 0.2) is 0 Å². The van der Waals surface area contributed by atoms with Crippen LogP contribution in [0.25, 0.3) is 0 Å². The van der Waals surface area contributed by atoms with E-state index >= 15 is 0 Å². The molecule has 14 heavy (non-hydrogen) atoms. The first-order valence-electron chi connectivity index (χ1n) is 5.94. The number of carbonyl (C=O) groups excluding carboxylic acids is 1. The normalized spacial score (nSPS) is 24.6. The number of ketones is 1. The second-order valence-corrected chi connectivity index (χ2v) is 4.80. The maximum Gasteiger partial charge on any atom is 0.133 e. The van der Waals surface area contributed by atoms with Gasteiger partial charge in [-0.05, 0) is 24.7 Å². The largest absolute Gasteiger partial charge is 0.381 e. The lowest BCUT2D eigenvalue weighted by Crippen LogP contribution is -2.21. The Morgan fingerprint density at radius 1 is 1.00 bits per heavy atom. The Morgan fingerprint density at radius 3 is 2.07 bits per heavy atom. The minimum Gasteiger partial charge on any atom is -0.381 e. The molecule has 0 aromatic rings. The molecular formula is C12H20O2. The highest BCUT2D eigenvalue weighted by molar-refractivity contribution is 5.78. The van der Waals surface area contributed by atoms with E-state index in [0.29, 0.717) is 11.7 Å². The van der Waals surface area contributed by atoms with Gasteiger partial charge in [-0.2, -0.15) is 0 Å². The highest BCUT2D eigenvalue weighted by Gasteiger charge is 2.23. The van der Waals surface area contributed by atoms with Gasteiger partial charge in [0.2, 0.25) is 0 Å². The van der Waals surface area contributed by atoms with Crippen LogP contribution in [0.1, 0.15) is 44.9 Å². The summed E-state index contributed by atoms with van der Waals surface area (Å²) in [5, 5.41) is 0. The summed E-state index contributed by atoms with van der Waals surface area (Å²) in [6.45, 7) is 1.72. The summed E-state index contributed by atoms with van der Waals surface area (Å²) in [4.78, 5) is 11.7. The van der Waals surface area contributed by atoms with Crippen LogP contribution in [0.5, 0.6) is 0 Å². The average Bonchev–Trinajstić information content (AvgIpc) is 2.13. The molecule has 0 spiro atoms. The molecule has 2 nitrogen and oxygen atoms in total. The maximum absolute atomic E-state index is 11.7. The van der Waals surface area contributed by atoms with Gasteiger partial charge in [0, 0.05) is 26.1 Å². The number of ether oxygens (including phenoxy) is 1. The first-order chi connectivity index (χ1) is 6.84. The van der Waals surface area contributed by atoms with E-state index in [1.54, 1.807) is 0 Å². The second kappa shape index (κ2) is 4.92. The fraction of sp³-hybridized carbons (Fsp3) is 0.917. The van der Waals surface area contributed by atoms with Crippen LogP contribution in [0.3, 0.4) is 0 Å². The molecule has 1 aliphatic heterocycles. The fourth-order valence-electron chi connectivity index (χ4n) is 2.37. The fourth-order valence-corrected chi connectivity index (χ4v) is 2.37. The summed E-state index contributed by atoms with van der Waals surface area (Å²) in [5.41, 5.74) is 0. The molecule has 0 radical (unpaired) electrons. The maximum atomic E-state index is 11.7. The van der Waals surface area contributed by atoms with Crippen LogP contribution in [0, 0.1) is 11.8 Å². The number of carbonyl (C=O) groups is 1. The van der Waals surface area contributed by atoms with Gasteiger partial charge in [0.15, 0.2) is 0 Å². The van der Waals surface area contributed by atoms with Crippen LogP contribution in [-0.4, -0.2) is 19.0 Å². The molecule has 80 valence electrons. The van der Waals surface area contributed by atoms with Crippen LogP contribution in [0.2, 0.25) is 0 Å². The lowest BCUT2D eigenvalue weighted by molar-refractivity contribution is -0.122. The molecule has 2 aliphatic rings. The molecule has 1 saturated heterocycles. The van der Waals surface area contributed by atoms with Gasteiger partial charge in [-0.3, -0.25) is 4.79 Å². The van der Waals surface area contributed by atoms with Crippen LogP contribution < -0.4 is 0 Å². The van der Waals surface area contributed by atoms with Crippen LogP contribution in [-0.2, 0) is 9.53 Å². The van der Waals surface area contributed by atoms with E-state index in [9.17, 15) is 4.79 Å². The monoisotopic (exact) mass is 196 g/mol. The quantitative estimate of drug-likeness (QED) is 0.690. The first kappa shape index (κ1) is 10.2. The van der Waals surface area contributed by atoms with Gasteiger partial charge in [-0.1, -0.05) is 19.3 Å². The third-order valence-corrected chi connectivity index (χ3v) is 3.60. The molecule has 1 aliphatic carbocycles. The highest BCUT2D eigenvalue weighted by atomic mass is 16.5. The third-order valence-electron chi connectivity index (χ3n) is 3.60. The van der Waals surface area contributed by atoms with Crippen molar-refractivity contribution in [3.8, 4) is 0 Å². The Hall–Kier alpha value is -0.370. The molecule has 2 fully saturated rings. The first-order valence-corrected chi connectivity index (χ1v) is 5.94. The molecule has 0 atom stereocenters. The molecule has 0 aromatic heterocycles. The van der Waals surface area contributed by atoms with Crippen molar-refractivity contribution in [1.29, 1.82) is 0 Å². The van der Waals surface area contributed by atoms with Crippen molar-refractivity contribution in [1.82, 2.24) is 0 Å². The molecule has 0 amide bonds. The summed E-state index contributed by atoms with van der Waals surface area (Å²) in [7, 11) is 0. The van der Waals surface area contributed by atoms with E-state index in [2.05, 4.69) is 0 Å². The van der Waals surface area contributed by atoms with Gasteiger partial charge in [0.1, 0.15) is 5.78 Å². The van der Waals surface area contributed by atoms with Gasteiger partial charge in [0.25, 0.3) is 0 Å². The zero-order chi connectivity index (χ0) is 9.80. The highest BCUT2D eigenvalue weighted by Crippen LogP contribution is 2.31. The Balaban J connectivity index is 1.64. The van der Waals surface area contributed by atoms with E-state index < -0.39 is 0 Å². The predicted octanol–water partition coefficient (Wildman–Crippen LogP) is 2.56. The van der Waals surface area contributed by atoms with Crippen molar-refractivity contribution < 1.29 is 9.53 Å². The summed E-state index contributed by atoms with van der Waals surface area (Å²) in [6.07, 6.45) is 7.79. The van der Waals surface area contributed by atoms with Crippen LogP contribution >= 0.6 is 0 Å². The summed E-state index contributed by atoms with van der Waals surface area (Å²) in [5.74, 6) is 1.86. The van der Waals surface area contributed by atoms with Gasteiger partial charge in [0.05, 0.1) is 0 Å². The minimum absolute atomic E-state index is 0.501. The summed E-state index contributed by atoms with van der Waals surface area (Å²) < 4.78 is 5.28. The number of hydrogen-bond acceptors (Lipinski definition) is 2. The standard InChI is InChI=1S/C12H20O2/c13-12(8-10-2-1-3-10)9-11-4-6-14-7-5-11/h10-11H,1-9H2. The smallest absolute Gasteiger partial charge is 0.133 e. The molecule has 0 aromatic carbocycles. The number of rotatable bonds is 4. The van der Waals surface area contributed by atoms with Crippen molar-refractivity contribution in [2.24, 2.45) is 11.8 Å². The SMILES string of the molecule is O=C(CC1CCC1)CC1CCOCC1. The van der Waals surface area contributed by atoms with Gasteiger partial charge < -0.3 is 4.74 Å². The minimum atomic E-state index is 0.501. The Kier molecular flexibility index (Phi) is 3.57. The lowest BCUT2D eigenvalue weighted by Gasteiger charge is -2.26. The molecule has 0 N–H and O–H groups in total. The molecule has 2 rings (SSSR count). The van der Waals surface area contributed by atoms with E-state index in [-0.39, 0.29) is 0 Å². The van der Waals surface area contributed by atoms with E-state index in [1.165, 1.54) is 19.3 Å². The van der Waals surface area contributed by atoms with Gasteiger partial charge in [-0.25, -0.2) is 0 Å². The van der Waals surface area contributed by atoms with Crippen molar-refractivity contribution >= 4 is 5.78 Å².